The van der Waals surface area contributed by atoms with Gasteiger partial charge in [0.1, 0.15) is 0 Å². The van der Waals surface area contributed by atoms with E-state index in [2.05, 4.69) is 43.3 Å². The number of carbonyl (C=O) groups is 1. The normalized spacial score (nSPS) is 21.6. The Hall–Kier alpha value is -0.650. The third-order valence-corrected chi connectivity index (χ3v) is 4.75. The van der Waals surface area contributed by atoms with Gasteiger partial charge in [-0.1, -0.05) is 6.92 Å². The second-order valence-electron chi connectivity index (χ2n) is 5.93. The highest BCUT2D eigenvalue weighted by molar-refractivity contribution is 5.78. The van der Waals surface area contributed by atoms with Gasteiger partial charge in [-0.2, -0.15) is 0 Å². The molecule has 1 amide bonds. The van der Waals surface area contributed by atoms with Gasteiger partial charge in [-0.15, -0.1) is 0 Å². The summed E-state index contributed by atoms with van der Waals surface area (Å²) >= 11 is 0. The molecule has 0 radical (unpaired) electrons. The summed E-state index contributed by atoms with van der Waals surface area (Å²) in [5.74, 6) is 5.00. The summed E-state index contributed by atoms with van der Waals surface area (Å²) < 4.78 is 0. The van der Waals surface area contributed by atoms with Crippen molar-refractivity contribution < 1.29 is 4.79 Å². The lowest BCUT2D eigenvalue weighted by Gasteiger charge is -2.50. The fourth-order valence-electron chi connectivity index (χ4n) is 2.67. The second-order valence-corrected chi connectivity index (χ2v) is 5.93. The van der Waals surface area contributed by atoms with E-state index >= 15 is 0 Å². The molecule has 1 aliphatic carbocycles. The average molecular weight is 256 g/mol. The number of nitrogens with one attached hydrogen (secondary N) is 1. The Morgan fingerprint density at radius 2 is 1.89 bits per heavy atom. The summed E-state index contributed by atoms with van der Waals surface area (Å²) in [6.07, 6.45) is 3.79. The largest absolute Gasteiger partial charge is 0.302 e. The second kappa shape index (κ2) is 5.99. The topological polar surface area (TPSA) is 61.6 Å². The number of hydrogen-bond acceptors (Lipinski definition) is 4. The summed E-state index contributed by atoms with van der Waals surface area (Å²) in [7, 11) is 6.38. The zero-order valence-corrected chi connectivity index (χ0v) is 12.4. The van der Waals surface area contributed by atoms with Gasteiger partial charge in [0.2, 0.25) is 5.91 Å². The van der Waals surface area contributed by atoms with Crippen molar-refractivity contribution in [3.63, 3.8) is 0 Å². The summed E-state index contributed by atoms with van der Waals surface area (Å²) in [6, 6.07) is 0.186. The molecule has 0 aromatic heterocycles. The van der Waals surface area contributed by atoms with Crippen LogP contribution in [0, 0.1) is 5.92 Å². The molecule has 18 heavy (non-hydrogen) atoms. The van der Waals surface area contributed by atoms with Crippen LogP contribution in [-0.2, 0) is 4.79 Å². The highest BCUT2D eigenvalue weighted by Gasteiger charge is 2.41. The van der Waals surface area contributed by atoms with Crippen LogP contribution in [0.1, 0.15) is 33.1 Å². The summed E-state index contributed by atoms with van der Waals surface area (Å²) in [6.45, 7) is 5.01. The quantitative estimate of drug-likeness (QED) is 0.411. The first-order chi connectivity index (χ1) is 8.34. The smallest absolute Gasteiger partial charge is 0.238 e. The van der Waals surface area contributed by atoms with Crippen LogP contribution in [0.15, 0.2) is 0 Å². The third kappa shape index (κ3) is 3.02. The van der Waals surface area contributed by atoms with E-state index < -0.39 is 0 Å². The molecule has 1 saturated carbocycles. The minimum absolute atomic E-state index is 0.0955. The van der Waals surface area contributed by atoms with Crippen molar-refractivity contribution in [1.82, 2.24) is 15.2 Å². The zero-order chi connectivity index (χ0) is 13.9. The standard InChI is InChI=1S/C13H28N4O/c1-10(12(18)15-14)11(2)17(5)9-13(16(3)4)7-6-8-13/h10-11H,6-9,14H2,1-5H3,(H,15,18). The van der Waals surface area contributed by atoms with E-state index in [1.807, 2.05) is 6.92 Å². The highest BCUT2D eigenvalue weighted by atomic mass is 16.2. The van der Waals surface area contributed by atoms with Crippen molar-refractivity contribution in [1.29, 1.82) is 0 Å². The maximum Gasteiger partial charge on any atom is 0.238 e. The Balaban J connectivity index is 2.59. The van der Waals surface area contributed by atoms with Gasteiger partial charge < -0.3 is 9.80 Å². The van der Waals surface area contributed by atoms with Crippen LogP contribution in [0.5, 0.6) is 0 Å². The molecular formula is C13H28N4O. The van der Waals surface area contributed by atoms with E-state index in [9.17, 15) is 4.79 Å². The average Bonchev–Trinajstić information content (AvgIpc) is 2.29. The molecule has 2 atom stereocenters. The number of hydrazine groups is 1. The lowest BCUT2D eigenvalue weighted by atomic mass is 9.75. The summed E-state index contributed by atoms with van der Waals surface area (Å²) in [4.78, 5) is 16.2. The molecule has 0 bridgehead atoms. The molecule has 1 fully saturated rings. The van der Waals surface area contributed by atoms with Crippen LogP contribution in [0.4, 0.5) is 0 Å². The number of nitrogens with zero attached hydrogens (tertiary/aromatic N) is 2. The lowest BCUT2D eigenvalue weighted by molar-refractivity contribution is -0.126. The molecule has 2 unspecified atom stereocenters. The van der Waals surface area contributed by atoms with E-state index in [4.69, 9.17) is 5.84 Å². The first kappa shape index (κ1) is 15.4. The molecule has 106 valence electrons. The van der Waals surface area contributed by atoms with Gasteiger partial charge in [-0.05, 0) is 47.3 Å². The lowest BCUT2D eigenvalue weighted by Crippen LogP contribution is -2.59. The number of amides is 1. The van der Waals surface area contributed by atoms with Crippen LogP contribution in [0.25, 0.3) is 0 Å². The van der Waals surface area contributed by atoms with Crippen molar-refractivity contribution in [3.8, 4) is 0 Å². The molecule has 0 spiro atoms. The molecule has 1 rings (SSSR count). The van der Waals surface area contributed by atoms with Crippen LogP contribution in [0.2, 0.25) is 0 Å². The van der Waals surface area contributed by atoms with E-state index in [-0.39, 0.29) is 17.9 Å². The SMILES string of the molecule is CC(C(=O)NN)C(C)N(C)CC1(N(C)C)CCC1. The Bertz CT molecular complexity index is 289. The highest BCUT2D eigenvalue weighted by Crippen LogP contribution is 2.37. The molecular weight excluding hydrogens is 228 g/mol. The van der Waals surface area contributed by atoms with Gasteiger partial charge in [0, 0.05) is 18.1 Å². The number of rotatable bonds is 6. The maximum atomic E-state index is 11.6. The Kier molecular flexibility index (Phi) is 5.13. The van der Waals surface area contributed by atoms with Crippen molar-refractivity contribution in [2.24, 2.45) is 11.8 Å². The fraction of sp³-hybridized carbons (Fsp3) is 0.923. The molecule has 0 heterocycles. The predicted octanol–water partition coefficient (Wildman–Crippen LogP) is 0.417. The number of likely N-dealkylation sites (N-methyl/N-ethyl adjacent to an activating group) is 2. The molecule has 0 aliphatic heterocycles. The Morgan fingerprint density at radius 3 is 2.22 bits per heavy atom. The van der Waals surface area contributed by atoms with Crippen molar-refractivity contribution in [3.05, 3.63) is 0 Å². The molecule has 0 saturated heterocycles. The van der Waals surface area contributed by atoms with Gasteiger partial charge >= 0.3 is 0 Å². The van der Waals surface area contributed by atoms with Gasteiger partial charge in [-0.25, -0.2) is 5.84 Å². The van der Waals surface area contributed by atoms with Gasteiger partial charge in [-0.3, -0.25) is 10.2 Å². The predicted molar refractivity (Wildman–Crippen MR) is 73.9 cm³/mol. The Labute approximate surface area is 111 Å². The summed E-state index contributed by atoms with van der Waals surface area (Å²) in [5.41, 5.74) is 2.53. The maximum absolute atomic E-state index is 11.6. The fourth-order valence-corrected chi connectivity index (χ4v) is 2.67. The number of hydrogen-bond donors (Lipinski definition) is 2. The molecule has 0 aromatic rings. The van der Waals surface area contributed by atoms with E-state index in [1.165, 1.54) is 19.3 Å². The monoisotopic (exact) mass is 256 g/mol. The number of carbonyl (C=O) groups excluding carboxylic acids is 1. The Morgan fingerprint density at radius 1 is 1.33 bits per heavy atom. The van der Waals surface area contributed by atoms with Crippen molar-refractivity contribution >= 4 is 5.91 Å². The molecule has 5 nitrogen and oxygen atoms in total. The van der Waals surface area contributed by atoms with E-state index in [0.717, 1.165) is 6.54 Å². The first-order valence-electron chi connectivity index (χ1n) is 6.72. The van der Waals surface area contributed by atoms with Crippen molar-refractivity contribution in [2.45, 2.75) is 44.7 Å². The number of nitrogens with two attached hydrogens (primary N) is 1. The van der Waals surface area contributed by atoms with Crippen LogP contribution < -0.4 is 11.3 Å². The van der Waals surface area contributed by atoms with E-state index in [0.29, 0.717) is 5.54 Å². The minimum Gasteiger partial charge on any atom is -0.302 e. The van der Waals surface area contributed by atoms with Gasteiger partial charge in [0.05, 0.1) is 5.92 Å². The molecule has 3 N–H and O–H groups in total. The van der Waals surface area contributed by atoms with E-state index in [1.54, 1.807) is 0 Å². The van der Waals surface area contributed by atoms with Crippen LogP contribution >= 0.6 is 0 Å². The minimum atomic E-state index is -0.0979. The van der Waals surface area contributed by atoms with Gasteiger partial charge in [0.25, 0.3) is 0 Å². The molecule has 5 heteroatoms. The summed E-state index contributed by atoms with van der Waals surface area (Å²) in [5, 5.41) is 0. The van der Waals surface area contributed by atoms with Crippen LogP contribution in [-0.4, -0.2) is 55.0 Å². The third-order valence-electron chi connectivity index (χ3n) is 4.75. The van der Waals surface area contributed by atoms with Gasteiger partial charge in [0.15, 0.2) is 0 Å². The van der Waals surface area contributed by atoms with Crippen molar-refractivity contribution in [2.75, 3.05) is 27.7 Å². The molecule has 0 aromatic carbocycles. The van der Waals surface area contributed by atoms with Crippen LogP contribution in [0.3, 0.4) is 0 Å². The first-order valence-corrected chi connectivity index (χ1v) is 6.72. The zero-order valence-electron chi connectivity index (χ0n) is 12.4. The molecule has 1 aliphatic rings.